The van der Waals surface area contributed by atoms with Gasteiger partial charge in [-0.1, -0.05) is 30.3 Å². The van der Waals surface area contributed by atoms with E-state index in [0.717, 1.165) is 11.6 Å². The van der Waals surface area contributed by atoms with Crippen molar-refractivity contribution in [1.82, 2.24) is 0 Å². The van der Waals surface area contributed by atoms with Gasteiger partial charge in [0.05, 0.1) is 5.69 Å². The Kier molecular flexibility index (Phi) is 4.41. The molecule has 0 saturated carbocycles. The molecule has 0 amide bonds. The molecule has 2 aromatic rings. The van der Waals surface area contributed by atoms with Gasteiger partial charge in [0.25, 0.3) is 6.02 Å². The van der Waals surface area contributed by atoms with Crippen LogP contribution in [0.25, 0.3) is 0 Å². The first-order valence-electron chi connectivity index (χ1n) is 7.32. The Morgan fingerprint density at radius 2 is 1.96 bits per heavy atom. The van der Waals surface area contributed by atoms with E-state index >= 15 is 0 Å². The molecule has 0 spiro atoms. The van der Waals surface area contributed by atoms with E-state index in [-0.39, 0.29) is 12.1 Å². The molecule has 0 saturated heterocycles. The minimum Gasteiger partial charge on any atom is -0.463 e. The highest BCUT2D eigenvalue weighted by Gasteiger charge is 2.22. The van der Waals surface area contributed by atoms with Crippen LogP contribution in [0.1, 0.15) is 5.56 Å². The molecule has 4 nitrogen and oxygen atoms in total. The van der Waals surface area contributed by atoms with Crippen LogP contribution in [0.4, 0.5) is 14.5 Å². The first-order valence-corrected chi connectivity index (χ1v) is 7.32. The van der Waals surface area contributed by atoms with E-state index in [1.807, 2.05) is 35.2 Å². The van der Waals surface area contributed by atoms with Crippen LogP contribution in [0.15, 0.2) is 53.5 Å². The molecule has 0 radical (unpaired) electrons. The zero-order valence-corrected chi connectivity index (χ0v) is 12.5. The molecule has 2 aromatic carbocycles. The van der Waals surface area contributed by atoms with Crippen LogP contribution in [0.3, 0.4) is 0 Å². The van der Waals surface area contributed by atoms with Crippen molar-refractivity contribution in [2.75, 3.05) is 18.1 Å². The van der Waals surface area contributed by atoms with Gasteiger partial charge in [-0.2, -0.15) is 0 Å². The van der Waals surface area contributed by atoms with E-state index in [1.165, 1.54) is 12.1 Å². The smallest absolute Gasteiger partial charge is 0.282 e. The minimum absolute atomic E-state index is 0.147. The van der Waals surface area contributed by atoms with Crippen LogP contribution in [0.5, 0.6) is 0 Å². The molecule has 1 atom stereocenters. The standard InChI is InChI=1S/C17H17F2N3O/c18-13-6-7-16(15(19)8-13)22(9-12-4-2-1-3-5-12)10-14-11-23-17(20)21-14/h1-8,14H,9-11H2,(H2,20,21)/t14-/m0/s1. The molecule has 0 unspecified atom stereocenters. The summed E-state index contributed by atoms with van der Waals surface area (Å²) in [5.41, 5.74) is 6.88. The van der Waals surface area contributed by atoms with Crippen molar-refractivity contribution in [3.8, 4) is 0 Å². The second-order valence-corrected chi connectivity index (χ2v) is 5.39. The van der Waals surface area contributed by atoms with Gasteiger partial charge in [0.2, 0.25) is 0 Å². The lowest BCUT2D eigenvalue weighted by Gasteiger charge is -2.27. The maximum absolute atomic E-state index is 14.2. The molecular weight excluding hydrogens is 300 g/mol. The molecule has 23 heavy (non-hydrogen) atoms. The quantitative estimate of drug-likeness (QED) is 0.922. The lowest BCUT2D eigenvalue weighted by Crippen LogP contribution is -2.32. The van der Waals surface area contributed by atoms with Crippen LogP contribution in [0.2, 0.25) is 0 Å². The predicted molar refractivity (Wildman–Crippen MR) is 85.2 cm³/mol. The summed E-state index contributed by atoms with van der Waals surface area (Å²) >= 11 is 0. The van der Waals surface area contributed by atoms with Gasteiger partial charge in [-0.3, -0.25) is 0 Å². The fraction of sp³-hybridized carbons (Fsp3) is 0.235. The zero-order valence-electron chi connectivity index (χ0n) is 12.5. The van der Waals surface area contributed by atoms with Crippen LogP contribution < -0.4 is 10.6 Å². The summed E-state index contributed by atoms with van der Waals surface area (Å²) in [6.45, 7) is 1.27. The predicted octanol–water partition coefficient (Wildman–Crippen LogP) is 2.68. The van der Waals surface area contributed by atoms with Gasteiger partial charge in [-0.05, 0) is 17.7 Å². The third-order valence-corrected chi connectivity index (χ3v) is 3.63. The van der Waals surface area contributed by atoms with Crippen LogP contribution in [-0.2, 0) is 11.3 Å². The number of hydrogen-bond acceptors (Lipinski definition) is 4. The first-order chi connectivity index (χ1) is 11.1. The van der Waals surface area contributed by atoms with Crippen molar-refractivity contribution >= 4 is 11.7 Å². The molecule has 120 valence electrons. The maximum Gasteiger partial charge on any atom is 0.282 e. The largest absolute Gasteiger partial charge is 0.463 e. The van der Waals surface area contributed by atoms with Gasteiger partial charge in [0, 0.05) is 19.2 Å². The summed E-state index contributed by atoms with van der Waals surface area (Å²) in [4.78, 5) is 6.00. The SMILES string of the molecule is NC1=N[C@@H](CN(Cc2ccccc2)c2ccc(F)cc2F)CO1. The Balaban J connectivity index is 1.86. The lowest BCUT2D eigenvalue weighted by molar-refractivity contribution is 0.313. The molecule has 0 bridgehead atoms. The van der Waals surface area contributed by atoms with Gasteiger partial charge >= 0.3 is 0 Å². The Morgan fingerprint density at radius 3 is 2.61 bits per heavy atom. The molecular formula is C17H17F2N3O. The third kappa shape index (κ3) is 3.77. The molecule has 0 aromatic heterocycles. The molecule has 1 aliphatic heterocycles. The monoisotopic (exact) mass is 317 g/mol. The van der Waals surface area contributed by atoms with Crippen LogP contribution >= 0.6 is 0 Å². The van der Waals surface area contributed by atoms with Gasteiger partial charge in [0.15, 0.2) is 0 Å². The van der Waals surface area contributed by atoms with Crippen molar-refractivity contribution in [2.24, 2.45) is 10.7 Å². The maximum atomic E-state index is 14.2. The Bertz CT molecular complexity index is 706. The summed E-state index contributed by atoms with van der Waals surface area (Å²) in [6.07, 6.45) is 0. The van der Waals surface area contributed by atoms with Crippen molar-refractivity contribution in [3.05, 3.63) is 65.7 Å². The number of rotatable bonds is 5. The summed E-state index contributed by atoms with van der Waals surface area (Å²) in [5, 5.41) is 0. The summed E-state index contributed by atoms with van der Waals surface area (Å²) in [5.74, 6) is -1.20. The fourth-order valence-electron chi connectivity index (χ4n) is 2.57. The number of aliphatic imine (C=N–C) groups is 1. The lowest BCUT2D eigenvalue weighted by atomic mass is 10.1. The van der Waals surface area contributed by atoms with Crippen molar-refractivity contribution in [2.45, 2.75) is 12.6 Å². The van der Waals surface area contributed by atoms with E-state index in [0.29, 0.717) is 25.4 Å². The second kappa shape index (κ2) is 6.64. The number of anilines is 1. The zero-order chi connectivity index (χ0) is 16.2. The number of amidine groups is 1. The fourth-order valence-corrected chi connectivity index (χ4v) is 2.57. The van der Waals surface area contributed by atoms with Crippen molar-refractivity contribution < 1.29 is 13.5 Å². The molecule has 1 heterocycles. The molecule has 2 N–H and O–H groups in total. The van der Waals surface area contributed by atoms with Crippen LogP contribution in [0, 0.1) is 11.6 Å². The number of hydrogen-bond donors (Lipinski definition) is 1. The average Bonchev–Trinajstić information content (AvgIpc) is 2.93. The highest BCUT2D eigenvalue weighted by Crippen LogP contribution is 2.23. The van der Waals surface area contributed by atoms with Gasteiger partial charge in [-0.25, -0.2) is 13.8 Å². The van der Waals surface area contributed by atoms with E-state index in [2.05, 4.69) is 4.99 Å². The van der Waals surface area contributed by atoms with E-state index in [1.54, 1.807) is 0 Å². The van der Waals surface area contributed by atoms with Crippen molar-refractivity contribution in [1.29, 1.82) is 0 Å². The topological polar surface area (TPSA) is 50.8 Å². The number of benzene rings is 2. The van der Waals surface area contributed by atoms with E-state index < -0.39 is 11.6 Å². The normalized spacial score (nSPS) is 16.8. The number of nitrogens with zero attached hydrogens (tertiary/aromatic N) is 2. The average molecular weight is 317 g/mol. The summed E-state index contributed by atoms with van der Waals surface area (Å²) in [6, 6.07) is 13.2. The highest BCUT2D eigenvalue weighted by molar-refractivity contribution is 5.73. The second-order valence-electron chi connectivity index (χ2n) is 5.39. The molecule has 6 heteroatoms. The summed E-state index contributed by atoms with van der Waals surface area (Å²) < 4.78 is 32.5. The van der Waals surface area contributed by atoms with E-state index in [4.69, 9.17) is 10.5 Å². The Morgan fingerprint density at radius 1 is 1.17 bits per heavy atom. The highest BCUT2D eigenvalue weighted by atomic mass is 19.1. The third-order valence-electron chi connectivity index (χ3n) is 3.63. The van der Waals surface area contributed by atoms with Gasteiger partial charge in [-0.15, -0.1) is 0 Å². The van der Waals surface area contributed by atoms with Gasteiger partial charge < -0.3 is 15.4 Å². The number of ether oxygens (including phenoxy) is 1. The van der Waals surface area contributed by atoms with Crippen LogP contribution in [-0.4, -0.2) is 25.2 Å². The number of nitrogens with two attached hydrogens (primary N) is 1. The Hall–Kier alpha value is -2.63. The molecule has 1 aliphatic rings. The van der Waals surface area contributed by atoms with Crippen molar-refractivity contribution in [3.63, 3.8) is 0 Å². The molecule has 0 fully saturated rings. The number of halogens is 2. The molecule has 3 rings (SSSR count). The van der Waals surface area contributed by atoms with Gasteiger partial charge in [0.1, 0.15) is 24.3 Å². The molecule has 0 aliphatic carbocycles. The first kappa shape index (κ1) is 15.3. The summed E-state index contributed by atoms with van der Waals surface area (Å²) in [7, 11) is 0. The minimum atomic E-state index is -0.600. The Labute approximate surface area is 133 Å². The van der Waals surface area contributed by atoms with E-state index in [9.17, 15) is 8.78 Å².